The van der Waals surface area contributed by atoms with Crippen molar-refractivity contribution < 1.29 is 28.5 Å². The lowest BCUT2D eigenvalue weighted by molar-refractivity contribution is -0.128. The standard InChI is InChI=1S/C17H26N2O6S/c1-11(2)13-9-18(10-14-15(20)16(21)17(22)25-14)26(23,24)19(13)8-12-6-4-3-5-7-12/h3-7,11,13-17,20-22H,8-10H2,1-2H3/t13-,14-,15-,16-,17-/m1/s1. The Kier molecular flexibility index (Phi) is 5.69. The van der Waals surface area contributed by atoms with Gasteiger partial charge in [-0.15, -0.1) is 0 Å². The lowest BCUT2D eigenvalue weighted by Crippen LogP contribution is -2.42. The second-order valence-electron chi connectivity index (χ2n) is 7.21. The van der Waals surface area contributed by atoms with Gasteiger partial charge in [-0.25, -0.2) is 0 Å². The van der Waals surface area contributed by atoms with Crippen molar-refractivity contribution in [1.29, 1.82) is 0 Å². The molecule has 0 spiro atoms. The van der Waals surface area contributed by atoms with Crippen molar-refractivity contribution in [3.05, 3.63) is 35.9 Å². The molecule has 0 radical (unpaired) electrons. The number of benzene rings is 1. The molecule has 5 atom stereocenters. The zero-order valence-corrected chi connectivity index (χ0v) is 15.7. The summed E-state index contributed by atoms with van der Waals surface area (Å²) in [6.07, 6.45) is -5.26. The first kappa shape index (κ1) is 19.7. The molecule has 3 N–H and O–H groups in total. The summed E-state index contributed by atoms with van der Waals surface area (Å²) in [5.41, 5.74) is 0.895. The Morgan fingerprint density at radius 3 is 2.35 bits per heavy atom. The van der Waals surface area contributed by atoms with Crippen LogP contribution in [0.15, 0.2) is 30.3 Å². The molecule has 26 heavy (non-hydrogen) atoms. The Labute approximate surface area is 153 Å². The highest BCUT2D eigenvalue weighted by Crippen LogP contribution is 2.31. The molecule has 8 nitrogen and oxygen atoms in total. The van der Waals surface area contributed by atoms with Crippen LogP contribution >= 0.6 is 0 Å². The fourth-order valence-electron chi connectivity index (χ4n) is 3.47. The molecule has 2 aliphatic rings. The third-order valence-corrected chi connectivity index (χ3v) is 7.00. The lowest BCUT2D eigenvalue weighted by atomic mass is 10.0. The van der Waals surface area contributed by atoms with Crippen LogP contribution in [0.25, 0.3) is 0 Å². The molecule has 3 rings (SSSR count). The Morgan fingerprint density at radius 2 is 1.81 bits per heavy atom. The van der Waals surface area contributed by atoms with Gasteiger partial charge in [0.25, 0.3) is 10.2 Å². The monoisotopic (exact) mass is 386 g/mol. The van der Waals surface area contributed by atoms with E-state index < -0.39 is 34.8 Å². The Hall–Kier alpha value is -1.07. The van der Waals surface area contributed by atoms with E-state index in [1.807, 2.05) is 44.2 Å². The van der Waals surface area contributed by atoms with Gasteiger partial charge in [0.1, 0.15) is 18.3 Å². The molecular formula is C17H26N2O6S. The van der Waals surface area contributed by atoms with Crippen molar-refractivity contribution in [1.82, 2.24) is 8.61 Å². The van der Waals surface area contributed by atoms with E-state index in [0.717, 1.165) is 5.56 Å². The summed E-state index contributed by atoms with van der Waals surface area (Å²) >= 11 is 0. The number of aliphatic hydroxyl groups is 3. The number of hydrogen-bond acceptors (Lipinski definition) is 6. The number of ether oxygens (including phenoxy) is 1. The third kappa shape index (κ3) is 3.65. The first-order chi connectivity index (χ1) is 12.2. The van der Waals surface area contributed by atoms with Crippen molar-refractivity contribution in [2.24, 2.45) is 5.92 Å². The number of aliphatic hydroxyl groups excluding tert-OH is 3. The maximum absolute atomic E-state index is 13.1. The summed E-state index contributed by atoms with van der Waals surface area (Å²) in [5.74, 6) is 0.101. The maximum Gasteiger partial charge on any atom is 0.282 e. The molecule has 0 aliphatic carbocycles. The highest BCUT2D eigenvalue weighted by Gasteiger charge is 2.49. The average Bonchev–Trinajstić information content (AvgIpc) is 2.98. The van der Waals surface area contributed by atoms with Crippen LogP contribution in [0.1, 0.15) is 19.4 Å². The van der Waals surface area contributed by atoms with Gasteiger partial charge in [0, 0.05) is 25.7 Å². The molecule has 0 bridgehead atoms. The normalized spacial score (nSPS) is 35.4. The summed E-state index contributed by atoms with van der Waals surface area (Å²) in [5, 5.41) is 29.1. The van der Waals surface area contributed by atoms with E-state index in [4.69, 9.17) is 4.74 Å². The Morgan fingerprint density at radius 1 is 1.15 bits per heavy atom. The number of hydrogen-bond donors (Lipinski definition) is 3. The first-order valence-corrected chi connectivity index (χ1v) is 10.1. The van der Waals surface area contributed by atoms with Crippen LogP contribution in [-0.2, 0) is 21.5 Å². The molecule has 0 aromatic heterocycles. The Balaban J connectivity index is 1.80. The summed E-state index contributed by atoms with van der Waals surface area (Å²) in [4.78, 5) is 0. The van der Waals surface area contributed by atoms with Gasteiger partial charge in [0.15, 0.2) is 6.29 Å². The minimum atomic E-state index is -3.75. The van der Waals surface area contributed by atoms with Crippen molar-refractivity contribution in [2.45, 2.75) is 51.0 Å². The largest absolute Gasteiger partial charge is 0.387 e. The van der Waals surface area contributed by atoms with E-state index in [2.05, 4.69) is 0 Å². The van der Waals surface area contributed by atoms with E-state index in [9.17, 15) is 23.7 Å². The van der Waals surface area contributed by atoms with E-state index in [1.165, 1.54) is 8.61 Å². The van der Waals surface area contributed by atoms with Crippen LogP contribution in [0.5, 0.6) is 0 Å². The second-order valence-corrected chi connectivity index (χ2v) is 9.09. The summed E-state index contributed by atoms with van der Waals surface area (Å²) < 4.78 is 34.0. The van der Waals surface area contributed by atoms with Crippen LogP contribution in [0, 0.1) is 5.92 Å². The van der Waals surface area contributed by atoms with Gasteiger partial charge in [-0.1, -0.05) is 44.2 Å². The molecule has 0 saturated carbocycles. The molecule has 2 saturated heterocycles. The molecule has 2 heterocycles. The van der Waals surface area contributed by atoms with Gasteiger partial charge in [0.05, 0.1) is 0 Å². The highest BCUT2D eigenvalue weighted by atomic mass is 32.2. The van der Waals surface area contributed by atoms with Crippen LogP contribution in [-0.4, -0.2) is 76.1 Å². The molecule has 0 unspecified atom stereocenters. The zero-order chi connectivity index (χ0) is 19.1. The van der Waals surface area contributed by atoms with Gasteiger partial charge in [-0.2, -0.15) is 17.0 Å². The third-order valence-electron chi connectivity index (χ3n) is 5.05. The number of nitrogens with zero attached hydrogens (tertiary/aromatic N) is 2. The van der Waals surface area contributed by atoms with Gasteiger partial charge in [0.2, 0.25) is 0 Å². The first-order valence-electron chi connectivity index (χ1n) is 8.72. The van der Waals surface area contributed by atoms with Crippen LogP contribution < -0.4 is 0 Å². The molecule has 146 valence electrons. The summed E-state index contributed by atoms with van der Waals surface area (Å²) in [6, 6.07) is 9.16. The van der Waals surface area contributed by atoms with Crippen molar-refractivity contribution in [3.63, 3.8) is 0 Å². The molecule has 9 heteroatoms. The highest BCUT2D eigenvalue weighted by molar-refractivity contribution is 7.87. The van der Waals surface area contributed by atoms with Gasteiger partial charge in [-0.3, -0.25) is 0 Å². The topological polar surface area (TPSA) is 111 Å². The number of rotatable bonds is 5. The van der Waals surface area contributed by atoms with Crippen LogP contribution in [0.3, 0.4) is 0 Å². The van der Waals surface area contributed by atoms with Gasteiger partial charge < -0.3 is 20.1 Å². The summed E-state index contributed by atoms with van der Waals surface area (Å²) in [6.45, 7) is 4.35. The van der Waals surface area contributed by atoms with Crippen molar-refractivity contribution in [3.8, 4) is 0 Å². The van der Waals surface area contributed by atoms with E-state index in [0.29, 0.717) is 0 Å². The van der Waals surface area contributed by atoms with E-state index >= 15 is 0 Å². The fourth-order valence-corrected chi connectivity index (χ4v) is 5.41. The molecule has 2 fully saturated rings. The second kappa shape index (κ2) is 7.51. The predicted octanol–water partition coefficient (Wildman–Crippen LogP) is -0.487. The Bertz CT molecular complexity index is 713. The molecule has 2 aliphatic heterocycles. The minimum Gasteiger partial charge on any atom is -0.387 e. The predicted molar refractivity (Wildman–Crippen MR) is 94.0 cm³/mol. The van der Waals surface area contributed by atoms with Crippen LogP contribution in [0.4, 0.5) is 0 Å². The molecule has 0 amide bonds. The SMILES string of the molecule is CC(C)[C@H]1CN(C[C@H]2O[C@@H](O)[C@H](O)[C@@H]2O)S(=O)(=O)N1Cc1ccccc1. The van der Waals surface area contributed by atoms with Crippen molar-refractivity contribution in [2.75, 3.05) is 13.1 Å². The van der Waals surface area contributed by atoms with Gasteiger partial charge in [-0.05, 0) is 11.5 Å². The smallest absolute Gasteiger partial charge is 0.282 e. The molecule has 1 aromatic rings. The van der Waals surface area contributed by atoms with E-state index in [1.54, 1.807) is 0 Å². The summed E-state index contributed by atoms with van der Waals surface area (Å²) in [7, 11) is -3.75. The average molecular weight is 386 g/mol. The fraction of sp³-hybridized carbons (Fsp3) is 0.647. The quantitative estimate of drug-likeness (QED) is 0.630. The molecular weight excluding hydrogens is 360 g/mol. The van der Waals surface area contributed by atoms with E-state index in [-0.39, 0.29) is 31.6 Å². The van der Waals surface area contributed by atoms with Crippen LogP contribution in [0.2, 0.25) is 0 Å². The maximum atomic E-state index is 13.1. The minimum absolute atomic E-state index is 0.101. The molecule has 1 aromatic carbocycles. The lowest BCUT2D eigenvalue weighted by Gasteiger charge is -2.25. The zero-order valence-electron chi connectivity index (χ0n) is 14.8. The van der Waals surface area contributed by atoms with Crippen molar-refractivity contribution >= 4 is 10.2 Å². The van der Waals surface area contributed by atoms with Gasteiger partial charge >= 0.3 is 0 Å².